The summed E-state index contributed by atoms with van der Waals surface area (Å²) >= 11 is 3.62. The van der Waals surface area contributed by atoms with E-state index in [-0.39, 0.29) is 0 Å². The molecule has 0 spiro atoms. The van der Waals surface area contributed by atoms with Gasteiger partial charge in [-0.25, -0.2) is 9.97 Å². The Hall–Kier alpha value is -4.28. The Morgan fingerprint density at radius 3 is 2.08 bits per heavy atom. The second-order valence-corrected chi connectivity index (χ2v) is 10.5. The summed E-state index contributed by atoms with van der Waals surface area (Å²) in [6.07, 6.45) is 6.33. The van der Waals surface area contributed by atoms with Crippen molar-refractivity contribution in [3.63, 3.8) is 0 Å². The van der Waals surface area contributed by atoms with Crippen LogP contribution < -0.4 is 0 Å². The lowest BCUT2D eigenvalue weighted by atomic mass is 9.95. The maximum atomic E-state index is 6.43. The third-order valence-corrected chi connectivity index (χ3v) is 7.73. The predicted molar refractivity (Wildman–Crippen MR) is 160 cm³/mol. The van der Waals surface area contributed by atoms with Gasteiger partial charge in [0.05, 0.1) is 11.4 Å². The smallest absolute Gasteiger partial charge is 0.160 e. The molecule has 4 aromatic carbocycles. The largest absolute Gasteiger partial charge is 0.455 e. The molecule has 0 fully saturated rings. The van der Waals surface area contributed by atoms with Crippen molar-refractivity contribution >= 4 is 43.4 Å². The zero-order valence-corrected chi connectivity index (χ0v) is 22.2. The molecule has 4 heteroatoms. The average Bonchev–Trinajstić information content (AvgIpc) is 3.36. The third kappa shape index (κ3) is 4.17. The highest BCUT2D eigenvalue weighted by molar-refractivity contribution is 9.11. The van der Waals surface area contributed by atoms with Crippen LogP contribution in [-0.4, -0.2) is 9.97 Å². The van der Waals surface area contributed by atoms with Crippen molar-refractivity contribution in [2.45, 2.75) is 12.8 Å². The van der Waals surface area contributed by atoms with E-state index in [2.05, 4.69) is 94.8 Å². The number of halogens is 1. The molecular formula is C34H23BrN2O. The molecule has 2 heterocycles. The molecule has 1 aliphatic carbocycles. The van der Waals surface area contributed by atoms with Gasteiger partial charge in [0, 0.05) is 33.0 Å². The Morgan fingerprint density at radius 1 is 0.605 bits per heavy atom. The molecule has 1 aliphatic rings. The maximum Gasteiger partial charge on any atom is 0.160 e. The number of nitrogens with zero attached hydrogens (tertiary/aromatic N) is 2. The van der Waals surface area contributed by atoms with Gasteiger partial charge in [-0.2, -0.15) is 0 Å². The van der Waals surface area contributed by atoms with Crippen LogP contribution in [0, 0.1) is 0 Å². The zero-order valence-electron chi connectivity index (χ0n) is 20.6. The summed E-state index contributed by atoms with van der Waals surface area (Å²) in [5, 5.41) is 2.21. The van der Waals surface area contributed by atoms with Gasteiger partial charge < -0.3 is 4.42 Å². The minimum Gasteiger partial charge on any atom is -0.455 e. The van der Waals surface area contributed by atoms with Crippen LogP contribution in [0.5, 0.6) is 0 Å². The van der Waals surface area contributed by atoms with E-state index in [0.29, 0.717) is 5.82 Å². The SMILES string of the molecule is BrC1=CC=C(c2cccc3c2oc2ccc(-c4cc(-c5ccccc5)nc(-c5ccccc5)n4)cc23)CC1. The molecule has 6 aromatic rings. The van der Waals surface area contributed by atoms with Crippen LogP contribution in [-0.2, 0) is 0 Å². The minimum atomic E-state index is 0.713. The number of benzene rings is 4. The zero-order chi connectivity index (χ0) is 25.5. The van der Waals surface area contributed by atoms with Crippen molar-refractivity contribution in [3.05, 3.63) is 125 Å². The van der Waals surface area contributed by atoms with Crippen molar-refractivity contribution in [1.82, 2.24) is 9.97 Å². The first-order chi connectivity index (χ1) is 18.7. The van der Waals surface area contributed by atoms with Crippen molar-refractivity contribution in [2.75, 3.05) is 0 Å². The number of allylic oxidation sites excluding steroid dienone is 4. The molecule has 0 N–H and O–H groups in total. The van der Waals surface area contributed by atoms with Gasteiger partial charge in [-0.1, -0.05) is 107 Å². The van der Waals surface area contributed by atoms with Crippen molar-refractivity contribution in [3.8, 4) is 33.9 Å². The third-order valence-electron chi connectivity index (χ3n) is 7.06. The summed E-state index contributed by atoms with van der Waals surface area (Å²) in [7, 11) is 0. The van der Waals surface area contributed by atoms with E-state index in [9.17, 15) is 0 Å². The molecule has 0 amide bonds. The molecule has 182 valence electrons. The monoisotopic (exact) mass is 554 g/mol. The van der Waals surface area contributed by atoms with Gasteiger partial charge in [0.1, 0.15) is 11.2 Å². The van der Waals surface area contributed by atoms with Crippen LogP contribution in [0.3, 0.4) is 0 Å². The summed E-state index contributed by atoms with van der Waals surface area (Å²) in [6, 6.07) is 35.3. The van der Waals surface area contributed by atoms with Gasteiger partial charge in [-0.3, -0.25) is 0 Å². The molecule has 0 aliphatic heterocycles. The van der Waals surface area contributed by atoms with E-state index in [4.69, 9.17) is 14.4 Å². The number of fused-ring (bicyclic) bond motifs is 3. The van der Waals surface area contributed by atoms with Gasteiger partial charge in [0.2, 0.25) is 0 Å². The number of hydrogen-bond donors (Lipinski definition) is 0. The standard InChI is InChI=1S/C34H23BrN2O/c35-26-17-14-22(15-18-26)27-12-7-13-28-29-20-25(16-19-32(29)38-33(27)28)31-21-30(23-8-3-1-4-9-23)36-34(37-31)24-10-5-2-6-11-24/h1-14,16-17,19-21H,15,18H2. The molecule has 0 atom stereocenters. The van der Waals surface area contributed by atoms with E-state index in [1.165, 1.54) is 10.1 Å². The van der Waals surface area contributed by atoms with Crippen LogP contribution in [0.1, 0.15) is 18.4 Å². The molecule has 0 saturated carbocycles. The summed E-state index contributed by atoms with van der Waals surface area (Å²) in [6.45, 7) is 0. The van der Waals surface area contributed by atoms with Crippen LogP contribution in [0.25, 0.3) is 61.4 Å². The quantitative estimate of drug-likeness (QED) is 0.217. The fourth-order valence-corrected chi connectivity index (χ4v) is 5.45. The molecule has 0 saturated heterocycles. The number of hydrogen-bond acceptors (Lipinski definition) is 3. The minimum absolute atomic E-state index is 0.713. The molecule has 2 aromatic heterocycles. The van der Waals surface area contributed by atoms with Crippen LogP contribution >= 0.6 is 15.9 Å². The van der Waals surface area contributed by atoms with E-state index >= 15 is 0 Å². The molecule has 38 heavy (non-hydrogen) atoms. The number of rotatable bonds is 4. The second kappa shape index (κ2) is 9.55. The molecule has 3 nitrogen and oxygen atoms in total. The second-order valence-electron chi connectivity index (χ2n) is 9.49. The van der Waals surface area contributed by atoms with Gasteiger partial charge in [0.25, 0.3) is 0 Å². The van der Waals surface area contributed by atoms with Gasteiger partial charge >= 0.3 is 0 Å². The summed E-state index contributed by atoms with van der Waals surface area (Å²) in [5.41, 5.74) is 9.16. The van der Waals surface area contributed by atoms with Crippen LogP contribution in [0.2, 0.25) is 0 Å². The van der Waals surface area contributed by atoms with E-state index in [0.717, 1.165) is 68.4 Å². The fourth-order valence-electron chi connectivity index (χ4n) is 5.12. The van der Waals surface area contributed by atoms with Crippen LogP contribution in [0.4, 0.5) is 0 Å². The molecule has 0 unspecified atom stereocenters. The normalized spacial score (nSPS) is 13.5. The Balaban J connectivity index is 1.40. The Bertz CT molecular complexity index is 1810. The molecule has 0 bridgehead atoms. The van der Waals surface area contributed by atoms with E-state index in [1.54, 1.807) is 0 Å². The maximum absolute atomic E-state index is 6.43. The lowest BCUT2D eigenvalue weighted by molar-refractivity contribution is 0.667. The Morgan fingerprint density at radius 2 is 1.34 bits per heavy atom. The molecule has 0 radical (unpaired) electrons. The lowest BCUT2D eigenvalue weighted by Gasteiger charge is -2.11. The number of aromatic nitrogens is 2. The molecular weight excluding hydrogens is 532 g/mol. The average molecular weight is 555 g/mol. The van der Waals surface area contributed by atoms with Gasteiger partial charge in [0.15, 0.2) is 5.82 Å². The van der Waals surface area contributed by atoms with Gasteiger partial charge in [-0.05, 0) is 47.2 Å². The first kappa shape index (κ1) is 22.9. The lowest BCUT2D eigenvalue weighted by Crippen LogP contribution is -1.95. The predicted octanol–water partition coefficient (Wildman–Crippen LogP) is 9.83. The first-order valence-corrected chi connectivity index (χ1v) is 13.5. The van der Waals surface area contributed by atoms with Crippen molar-refractivity contribution in [1.29, 1.82) is 0 Å². The first-order valence-electron chi connectivity index (χ1n) is 12.7. The fraction of sp³-hybridized carbons (Fsp3) is 0.0588. The van der Waals surface area contributed by atoms with E-state index in [1.807, 2.05) is 36.4 Å². The Labute approximate surface area is 229 Å². The summed E-state index contributed by atoms with van der Waals surface area (Å²) in [4.78, 5) is 9.93. The van der Waals surface area contributed by atoms with Crippen molar-refractivity contribution < 1.29 is 4.42 Å². The number of para-hydroxylation sites is 1. The number of furan rings is 1. The van der Waals surface area contributed by atoms with Crippen molar-refractivity contribution in [2.24, 2.45) is 0 Å². The highest BCUT2D eigenvalue weighted by atomic mass is 79.9. The molecule has 7 rings (SSSR count). The van der Waals surface area contributed by atoms with Gasteiger partial charge in [-0.15, -0.1) is 0 Å². The summed E-state index contributed by atoms with van der Waals surface area (Å²) in [5.74, 6) is 0.713. The Kier molecular flexibility index (Phi) is 5.75. The summed E-state index contributed by atoms with van der Waals surface area (Å²) < 4.78 is 7.67. The van der Waals surface area contributed by atoms with Crippen LogP contribution in [0.15, 0.2) is 124 Å². The van der Waals surface area contributed by atoms with E-state index < -0.39 is 0 Å². The topological polar surface area (TPSA) is 38.9 Å². The highest BCUT2D eigenvalue weighted by Crippen LogP contribution is 2.39. The highest BCUT2D eigenvalue weighted by Gasteiger charge is 2.17.